The molecule has 8 rings (SSSR count). The highest BCUT2D eigenvalue weighted by Crippen LogP contribution is 2.75. The molecule has 5 aliphatic carbocycles. The van der Waals surface area contributed by atoms with Gasteiger partial charge in [-0.3, -0.25) is 0 Å². The van der Waals surface area contributed by atoms with Gasteiger partial charge in [-0.05, 0) is 104 Å². The number of aliphatic hydroxyl groups excluding tert-OH is 11. The predicted octanol–water partition coefficient (Wildman–Crippen LogP) is -0.467. The molecular weight excluding hydrogens is 881 g/mol. The molecule has 12 N–H and O–H groups in total. The largest absolute Gasteiger partial charge is 0.479 e. The van der Waals surface area contributed by atoms with Crippen LogP contribution in [0.3, 0.4) is 0 Å². The molecule has 67 heavy (non-hydrogen) atoms. The maximum Gasteiger partial charge on any atom is 0.335 e. The topological polar surface area (TPSA) is 315 Å². The van der Waals surface area contributed by atoms with Crippen LogP contribution >= 0.6 is 0 Å². The normalized spacial score (nSPS) is 56.7. The predicted molar refractivity (Wildman–Crippen MR) is 232 cm³/mol. The molecule has 19 nitrogen and oxygen atoms in total. The van der Waals surface area contributed by atoms with Gasteiger partial charge >= 0.3 is 5.97 Å². The second kappa shape index (κ2) is 18.5. The Morgan fingerprint density at radius 3 is 1.96 bits per heavy atom. The lowest BCUT2D eigenvalue weighted by Crippen LogP contribution is -2.67. The lowest BCUT2D eigenvalue weighted by molar-refractivity contribution is -0.394. The third-order valence-corrected chi connectivity index (χ3v) is 20.0. The summed E-state index contributed by atoms with van der Waals surface area (Å²) in [6, 6.07) is 0. The van der Waals surface area contributed by atoms with Gasteiger partial charge in [0.2, 0.25) is 0 Å². The van der Waals surface area contributed by atoms with Gasteiger partial charge < -0.3 is 89.7 Å². The van der Waals surface area contributed by atoms with Crippen LogP contribution in [0.15, 0.2) is 11.6 Å². The molecule has 0 spiro atoms. The highest BCUT2D eigenvalue weighted by atomic mass is 16.8. The summed E-state index contributed by atoms with van der Waals surface area (Å²) in [4.78, 5) is 12.4. The molecule has 8 aliphatic rings. The fourth-order valence-corrected chi connectivity index (χ4v) is 15.1. The molecule has 0 amide bonds. The van der Waals surface area contributed by atoms with E-state index in [0.717, 1.165) is 38.5 Å². The molecule has 27 atom stereocenters. The van der Waals surface area contributed by atoms with Crippen LogP contribution in [-0.4, -0.2) is 191 Å². The van der Waals surface area contributed by atoms with Gasteiger partial charge in [0.05, 0.1) is 24.9 Å². The Morgan fingerprint density at radius 2 is 1.33 bits per heavy atom. The van der Waals surface area contributed by atoms with Gasteiger partial charge in [0, 0.05) is 24.5 Å². The number of carboxylic acid groups (broad SMARTS) is 1. The van der Waals surface area contributed by atoms with E-state index >= 15 is 0 Å². The van der Waals surface area contributed by atoms with Crippen molar-refractivity contribution in [2.45, 2.75) is 204 Å². The van der Waals surface area contributed by atoms with Crippen LogP contribution in [0.1, 0.15) is 99.8 Å². The first-order valence-electron chi connectivity index (χ1n) is 24.5. The van der Waals surface area contributed by atoms with Gasteiger partial charge in [0.15, 0.2) is 25.0 Å². The summed E-state index contributed by atoms with van der Waals surface area (Å²) in [6.45, 7) is 13.8. The standard InChI is InChI=1S/C48H78O19/c1-20-39(59)46(5)14-15-47(6)24(25(46)16-44(20,3)19-51)8-9-28-45(4)12-11-26(22(17-49)23(45)10-13-48(28,47)7)63-42-38(34(57)33(56)36(65-42)40(60)61)67-43-37(32(55)30(53)27(18-50)64-43)66-41-35(58)31(54)29(52)21(2)62-41/h8,20-23,25-39,41-43,49-59H,9-19H2,1-7H3,(H,60,61). The molecule has 4 saturated carbocycles. The number of fused-ring (bicyclic) bond motifs is 7. The summed E-state index contributed by atoms with van der Waals surface area (Å²) in [5.41, 5.74) is 0.0577. The Balaban J connectivity index is 1.06. The van der Waals surface area contributed by atoms with E-state index in [-0.39, 0.29) is 58.5 Å². The van der Waals surface area contributed by atoms with Gasteiger partial charge in [0.25, 0.3) is 0 Å². The molecule has 3 heterocycles. The highest BCUT2D eigenvalue weighted by molar-refractivity contribution is 5.73. The van der Waals surface area contributed by atoms with E-state index in [1.54, 1.807) is 0 Å². The number of ether oxygens (including phenoxy) is 6. The van der Waals surface area contributed by atoms with E-state index < -0.39 is 128 Å². The summed E-state index contributed by atoms with van der Waals surface area (Å²) < 4.78 is 36.0. The average Bonchev–Trinajstić information content (AvgIpc) is 3.29. The van der Waals surface area contributed by atoms with E-state index in [2.05, 4.69) is 47.6 Å². The smallest absolute Gasteiger partial charge is 0.335 e. The zero-order chi connectivity index (χ0) is 49.1. The molecule has 3 aliphatic heterocycles. The number of carboxylic acids is 1. The third kappa shape index (κ3) is 8.01. The van der Waals surface area contributed by atoms with Crippen LogP contribution in [0.5, 0.6) is 0 Å². The summed E-state index contributed by atoms with van der Waals surface area (Å²) in [5.74, 6) is -1.89. The van der Waals surface area contributed by atoms with Crippen molar-refractivity contribution in [3.8, 4) is 0 Å². The fraction of sp³-hybridized carbons (Fsp3) is 0.938. The summed E-state index contributed by atoms with van der Waals surface area (Å²) >= 11 is 0. The number of rotatable bonds is 10. The van der Waals surface area contributed by atoms with Crippen molar-refractivity contribution in [1.82, 2.24) is 0 Å². The Morgan fingerprint density at radius 1 is 0.687 bits per heavy atom. The van der Waals surface area contributed by atoms with Crippen LogP contribution in [0.25, 0.3) is 0 Å². The zero-order valence-electron chi connectivity index (χ0n) is 39.8. The molecule has 7 fully saturated rings. The Bertz CT molecular complexity index is 1820. The van der Waals surface area contributed by atoms with Gasteiger partial charge in [-0.25, -0.2) is 4.79 Å². The van der Waals surface area contributed by atoms with E-state index in [1.807, 2.05) is 0 Å². The van der Waals surface area contributed by atoms with Crippen LogP contribution in [-0.2, 0) is 33.2 Å². The number of hydrogen-bond donors (Lipinski definition) is 12. The molecule has 0 aromatic heterocycles. The lowest BCUT2D eigenvalue weighted by atomic mass is 9.34. The number of carbonyl (C=O) groups is 1. The van der Waals surface area contributed by atoms with Gasteiger partial charge in [0.1, 0.15) is 61.0 Å². The minimum atomic E-state index is -2.07. The maximum absolute atomic E-state index is 12.4. The molecule has 0 radical (unpaired) electrons. The van der Waals surface area contributed by atoms with Crippen molar-refractivity contribution < 1.29 is 94.5 Å². The Kier molecular flexibility index (Phi) is 14.4. The van der Waals surface area contributed by atoms with Crippen molar-refractivity contribution in [3.05, 3.63) is 11.6 Å². The van der Waals surface area contributed by atoms with Crippen LogP contribution in [0, 0.1) is 56.7 Å². The molecule has 0 aromatic carbocycles. The number of hydrogen-bond acceptors (Lipinski definition) is 18. The SMILES string of the molecule is CC1OC(OC2C(OC3C(OC4CCC5(C)C(CCC6(C)C5CC=C5C7CC(C)(CO)C(C)C(O)C7(C)CCC56C)C4CO)OC(C(=O)O)C(O)C3O)OC(CO)C(O)C2O)C(O)C(O)C1O. The van der Waals surface area contributed by atoms with Crippen molar-refractivity contribution in [1.29, 1.82) is 0 Å². The second-order valence-electron chi connectivity index (χ2n) is 23.1. The Hall–Kier alpha value is -1.47. The molecule has 27 unspecified atom stereocenters. The monoisotopic (exact) mass is 959 g/mol. The van der Waals surface area contributed by atoms with E-state index in [9.17, 15) is 66.1 Å². The van der Waals surface area contributed by atoms with Crippen molar-refractivity contribution in [2.75, 3.05) is 19.8 Å². The van der Waals surface area contributed by atoms with Crippen molar-refractivity contribution >= 4 is 5.97 Å². The first-order chi connectivity index (χ1) is 31.4. The molecule has 3 saturated heterocycles. The fourth-order valence-electron chi connectivity index (χ4n) is 15.1. The van der Waals surface area contributed by atoms with E-state index in [0.29, 0.717) is 12.8 Å². The second-order valence-corrected chi connectivity index (χ2v) is 23.1. The van der Waals surface area contributed by atoms with Crippen LogP contribution in [0.2, 0.25) is 0 Å². The van der Waals surface area contributed by atoms with E-state index in [1.165, 1.54) is 12.5 Å². The molecule has 19 heteroatoms. The molecule has 0 aromatic rings. The van der Waals surface area contributed by atoms with Gasteiger partial charge in [-0.1, -0.05) is 53.2 Å². The minimum Gasteiger partial charge on any atom is -0.479 e. The first-order valence-corrected chi connectivity index (χ1v) is 24.5. The third-order valence-electron chi connectivity index (χ3n) is 20.0. The van der Waals surface area contributed by atoms with Crippen LogP contribution in [0.4, 0.5) is 0 Å². The van der Waals surface area contributed by atoms with Crippen molar-refractivity contribution in [3.63, 3.8) is 0 Å². The molecular formula is C48H78O19. The summed E-state index contributed by atoms with van der Waals surface area (Å²) in [5, 5.41) is 130. The van der Waals surface area contributed by atoms with E-state index in [4.69, 9.17) is 28.4 Å². The minimum absolute atomic E-state index is 0.00169. The summed E-state index contributed by atoms with van der Waals surface area (Å²) in [6.07, 6.45) is -19.2. The average molecular weight is 959 g/mol. The first kappa shape index (κ1) is 51.9. The molecule has 384 valence electrons. The van der Waals surface area contributed by atoms with Crippen LogP contribution < -0.4 is 0 Å². The van der Waals surface area contributed by atoms with Crippen molar-refractivity contribution in [2.24, 2.45) is 56.7 Å². The Labute approximate surface area is 392 Å². The number of aliphatic carboxylic acids is 1. The maximum atomic E-state index is 12.4. The van der Waals surface area contributed by atoms with Gasteiger partial charge in [-0.2, -0.15) is 0 Å². The lowest BCUT2D eigenvalue weighted by Gasteiger charge is -2.71. The molecule has 0 bridgehead atoms. The number of aliphatic hydroxyl groups is 11. The highest BCUT2D eigenvalue weighted by Gasteiger charge is 2.69. The zero-order valence-corrected chi connectivity index (χ0v) is 39.8. The number of allylic oxidation sites excluding steroid dienone is 2. The quantitative estimate of drug-likeness (QED) is 0.0973. The van der Waals surface area contributed by atoms with Gasteiger partial charge in [-0.15, -0.1) is 0 Å². The summed E-state index contributed by atoms with van der Waals surface area (Å²) in [7, 11) is 0.